The van der Waals surface area contributed by atoms with E-state index in [1.165, 1.54) is 24.8 Å². The smallest absolute Gasteiger partial charge is 0.338 e. The molecule has 2 atom stereocenters. The van der Waals surface area contributed by atoms with Crippen LogP contribution in [0.5, 0.6) is 0 Å². The largest absolute Gasteiger partial charge is 0.457 e. The Labute approximate surface area is 185 Å². The molecule has 4 nitrogen and oxygen atoms in total. The lowest BCUT2D eigenvalue weighted by atomic mass is 9.67. The van der Waals surface area contributed by atoms with E-state index in [9.17, 15) is 9.90 Å². The second-order valence-electron chi connectivity index (χ2n) is 10.2. The normalized spacial score (nSPS) is 20.1. The van der Waals surface area contributed by atoms with Gasteiger partial charge in [0.15, 0.2) is 0 Å². The van der Waals surface area contributed by atoms with Gasteiger partial charge >= 0.3 is 5.97 Å². The van der Waals surface area contributed by atoms with Crippen LogP contribution in [-0.2, 0) is 16.8 Å². The summed E-state index contributed by atoms with van der Waals surface area (Å²) in [5.41, 5.74) is 9.11. The highest BCUT2D eigenvalue weighted by Crippen LogP contribution is 2.44. The third kappa shape index (κ3) is 4.70. The van der Waals surface area contributed by atoms with Crippen molar-refractivity contribution in [2.24, 2.45) is 11.7 Å². The van der Waals surface area contributed by atoms with Gasteiger partial charge in [-0.1, -0.05) is 82.3 Å². The van der Waals surface area contributed by atoms with Crippen LogP contribution in [0, 0.1) is 5.92 Å². The Morgan fingerprint density at radius 1 is 1.10 bits per heavy atom. The monoisotopic (exact) mass is 421 g/mol. The van der Waals surface area contributed by atoms with Gasteiger partial charge in [0.2, 0.25) is 0 Å². The molecule has 1 fully saturated rings. The predicted molar refractivity (Wildman–Crippen MR) is 123 cm³/mol. The summed E-state index contributed by atoms with van der Waals surface area (Å²) < 4.78 is 5.16. The van der Waals surface area contributed by atoms with Gasteiger partial charge < -0.3 is 15.6 Å². The van der Waals surface area contributed by atoms with Crippen molar-refractivity contribution in [2.45, 2.75) is 82.5 Å². The zero-order chi connectivity index (χ0) is 22.1. The Morgan fingerprint density at radius 3 is 2.52 bits per heavy atom. The Morgan fingerprint density at radius 2 is 1.81 bits per heavy atom. The van der Waals surface area contributed by atoms with Gasteiger partial charge in [0.05, 0.1) is 17.2 Å². The number of rotatable bonds is 7. The molecule has 1 aliphatic carbocycles. The average molecular weight is 422 g/mol. The number of hydrogen-bond acceptors (Lipinski definition) is 4. The van der Waals surface area contributed by atoms with Crippen molar-refractivity contribution in [1.82, 2.24) is 0 Å². The average Bonchev–Trinajstić information content (AvgIpc) is 3.14. The molecule has 2 aromatic carbocycles. The molecule has 0 radical (unpaired) electrons. The summed E-state index contributed by atoms with van der Waals surface area (Å²) in [5, 5.41) is 12.2. The molecule has 4 heteroatoms. The van der Waals surface area contributed by atoms with Crippen LogP contribution in [0.4, 0.5) is 0 Å². The number of benzene rings is 2. The predicted octanol–water partition coefficient (Wildman–Crippen LogP) is 5.43. The van der Waals surface area contributed by atoms with Crippen molar-refractivity contribution in [1.29, 1.82) is 0 Å². The summed E-state index contributed by atoms with van der Waals surface area (Å²) >= 11 is 0. The van der Waals surface area contributed by atoms with Gasteiger partial charge in [-0.15, -0.1) is 0 Å². The molecule has 0 amide bonds. The molecule has 1 heterocycles. The van der Waals surface area contributed by atoms with Crippen LogP contribution in [0.1, 0.15) is 91.9 Å². The molecule has 0 spiro atoms. The molecular formula is C27H35NO3. The van der Waals surface area contributed by atoms with E-state index in [4.69, 9.17) is 10.5 Å². The highest BCUT2D eigenvalue weighted by Gasteiger charge is 2.43. The Hall–Kier alpha value is -2.17. The lowest BCUT2D eigenvalue weighted by Crippen LogP contribution is -2.47. The molecule has 0 bridgehead atoms. The first-order valence-corrected chi connectivity index (χ1v) is 11.6. The van der Waals surface area contributed by atoms with E-state index in [1.54, 1.807) is 6.07 Å². The lowest BCUT2D eigenvalue weighted by Gasteiger charge is -2.43. The van der Waals surface area contributed by atoms with Crippen molar-refractivity contribution in [3.8, 4) is 0 Å². The SMILES string of the molecule is CC(C)(CC(O)(CC1CCCCC1)C(N)c1ccc2c(c1)COC2=O)c1ccccc1. The van der Waals surface area contributed by atoms with Crippen LogP contribution in [0.25, 0.3) is 0 Å². The molecule has 31 heavy (non-hydrogen) atoms. The maximum Gasteiger partial charge on any atom is 0.338 e. The number of aliphatic hydroxyl groups is 1. The van der Waals surface area contributed by atoms with Crippen LogP contribution < -0.4 is 5.73 Å². The number of hydrogen-bond donors (Lipinski definition) is 2. The lowest BCUT2D eigenvalue weighted by molar-refractivity contribution is -0.0364. The van der Waals surface area contributed by atoms with E-state index in [0.29, 0.717) is 24.3 Å². The standard InChI is InChI=1S/C27H35NO3/c1-26(2,22-11-7-4-8-12-22)18-27(30,16-19-9-5-3-6-10-19)24(28)20-13-14-23-21(15-20)17-31-25(23)29/h4,7-8,11-15,19,24,30H,3,5-6,9-10,16-18,28H2,1-2H3. The van der Waals surface area contributed by atoms with E-state index in [-0.39, 0.29) is 18.0 Å². The van der Waals surface area contributed by atoms with Crippen LogP contribution in [0.2, 0.25) is 0 Å². The van der Waals surface area contributed by atoms with Gasteiger partial charge in [0.25, 0.3) is 0 Å². The molecule has 3 N–H and O–H groups in total. The fourth-order valence-electron chi connectivity index (χ4n) is 5.61. The number of esters is 1. The van der Waals surface area contributed by atoms with E-state index < -0.39 is 11.6 Å². The van der Waals surface area contributed by atoms with Crippen molar-refractivity contribution in [3.05, 3.63) is 70.8 Å². The topological polar surface area (TPSA) is 72.6 Å². The maximum absolute atomic E-state index is 12.2. The van der Waals surface area contributed by atoms with Gasteiger partial charge in [-0.2, -0.15) is 0 Å². The second kappa shape index (κ2) is 8.76. The van der Waals surface area contributed by atoms with Gasteiger partial charge in [0.1, 0.15) is 6.61 Å². The number of fused-ring (bicyclic) bond motifs is 1. The first-order chi connectivity index (χ1) is 14.8. The van der Waals surface area contributed by atoms with E-state index in [1.807, 2.05) is 18.2 Å². The summed E-state index contributed by atoms with van der Waals surface area (Å²) in [6.45, 7) is 4.66. The summed E-state index contributed by atoms with van der Waals surface area (Å²) in [7, 11) is 0. The van der Waals surface area contributed by atoms with Crippen molar-refractivity contribution in [2.75, 3.05) is 0 Å². The Kier molecular flexibility index (Phi) is 6.23. The summed E-state index contributed by atoms with van der Waals surface area (Å²) in [6, 6.07) is 15.5. The third-order valence-electron chi connectivity index (χ3n) is 7.32. The van der Waals surface area contributed by atoms with Gasteiger partial charge in [0, 0.05) is 5.56 Å². The fourth-order valence-corrected chi connectivity index (χ4v) is 5.61. The van der Waals surface area contributed by atoms with Crippen LogP contribution >= 0.6 is 0 Å². The molecule has 0 saturated heterocycles. The van der Waals surface area contributed by atoms with E-state index >= 15 is 0 Å². The molecule has 4 rings (SSSR count). The quantitative estimate of drug-likeness (QED) is 0.585. The highest BCUT2D eigenvalue weighted by atomic mass is 16.5. The Balaban J connectivity index is 1.65. The number of carbonyl (C=O) groups excluding carboxylic acids is 1. The van der Waals surface area contributed by atoms with Crippen molar-refractivity contribution >= 4 is 5.97 Å². The zero-order valence-electron chi connectivity index (χ0n) is 18.8. The van der Waals surface area contributed by atoms with Crippen molar-refractivity contribution < 1.29 is 14.6 Å². The van der Waals surface area contributed by atoms with E-state index in [0.717, 1.165) is 24.0 Å². The molecule has 1 saturated carbocycles. The van der Waals surface area contributed by atoms with Crippen LogP contribution in [0.3, 0.4) is 0 Å². The van der Waals surface area contributed by atoms with Crippen LogP contribution in [-0.4, -0.2) is 16.7 Å². The molecule has 166 valence electrons. The molecule has 1 aliphatic heterocycles. The molecule has 0 aromatic heterocycles. The zero-order valence-corrected chi connectivity index (χ0v) is 18.8. The Bertz CT molecular complexity index is 917. The van der Waals surface area contributed by atoms with Gasteiger partial charge in [-0.3, -0.25) is 0 Å². The maximum atomic E-state index is 12.2. The minimum Gasteiger partial charge on any atom is -0.457 e. The first-order valence-electron chi connectivity index (χ1n) is 11.6. The molecule has 2 aliphatic rings. The molecular weight excluding hydrogens is 386 g/mol. The fraction of sp³-hybridized carbons (Fsp3) is 0.519. The third-order valence-corrected chi connectivity index (χ3v) is 7.32. The number of cyclic esters (lactones) is 1. The summed E-state index contributed by atoms with van der Waals surface area (Å²) in [5.74, 6) is 0.216. The number of carbonyl (C=O) groups is 1. The first kappa shape index (κ1) is 22.0. The molecule has 2 unspecified atom stereocenters. The number of ether oxygens (including phenoxy) is 1. The van der Waals surface area contributed by atoms with Crippen LogP contribution in [0.15, 0.2) is 48.5 Å². The summed E-state index contributed by atoms with van der Waals surface area (Å²) in [4.78, 5) is 11.8. The number of nitrogens with two attached hydrogens (primary N) is 1. The van der Waals surface area contributed by atoms with E-state index in [2.05, 4.69) is 38.1 Å². The minimum atomic E-state index is -1.04. The molecule has 2 aromatic rings. The highest BCUT2D eigenvalue weighted by molar-refractivity contribution is 5.93. The van der Waals surface area contributed by atoms with Crippen molar-refractivity contribution in [3.63, 3.8) is 0 Å². The second-order valence-corrected chi connectivity index (χ2v) is 10.2. The van der Waals surface area contributed by atoms with Gasteiger partial charge in [-0.05, 0) is 47.4 Å². The summed E-state index contributed by atoms with van der Waals surface area (Å²) in [6.07, 6.45) is 7.36. The van der Waals surface area contributed by atoms with Gasteiger partial charge in [-0.25, -0.2) is 4.79 Å². The minimum absolute atomic E-state index is 0.224.